The van der Waals surface area contributed by atoms with Gasteiger partial charge in [-0.2, -0.15) is 0 Å². The van der Waals surface area contributed by atoms with Gasteiger partial charge in [0.05, 0.1) is 12.2 Å². The number of nitrogens with zero attached hydrogens (tertiary/aromatic N) is 2. The zero-order valence-electron chi connectivity index (χ0n) is 17.2. The van der Waals surface area contributed by atoms with Crippen LogP contribution in [0.4, 0.5) is 10.1 Å². The summed E-state index contributed by atoms with van der Waals surface area (Å²) in [6.45, 7) is -0.785. The molecule has 2 N–H and O–H groups in total. The minimum Gasteiger partial charge on any atom is -0.466 e. The summed E-state index contributed by atoms with van der Waals surface area (Å²) in [4.78, 5) is 18.5. The summed E-state index contributed by atoms with van der Waals surface area (Å²) in [5.41, 5.74) is 11.4. The van der Waals surface area contributed by atoms with Crippen LogP contribution in [0.3, 0.4) is 0 Å². The van der Waals surface area contributed by atoms with Gasteiger partial charge in [0.25, 0.3) is 5.91 Å². The molecule has 1 fully saturated rings. The number of aromatic nitrogens is 1. The Morgan fingerprint density at radius 2 is 1.81 bits per heavy atom. The average molecular weight is 417 g/mol. The third kappa shape index (κ3) is 3.47. The molecule has 0 spiro atoms. The molecule has 3 aromatic rings. The number of ether oxygens (including phenoxy) is 1. The highest BCUT2D eigenvalue weighted by Gasteiger charge is 2.34. The molecule has 6 heteroatoms. The Bertz CT molecular complexity index is 1110. The van der Waals surface area contributed by atoms with Crippen LogP contribution < -0.4 is 15.4 Å². The summed E-state index contributed by atoms with van der Waals surface area (Å²) in [5.74, 6) is 0.0814. The Morgan fingerprint density at radius 1 is 1.06 bits per heavy atom. The molecule has 1 amide bonds. The van der Waals surface area contributed by atoms with Crippen LogP contribution in [0.5, 0.6) is 5.88 Å². The standard InChI is InChI=1S/C25H24FN3O2/c26-13-14-29-21-15-20(17-5-2-1-3-6-17)23(28-24(21)31-16-22(29)30)18-7-9-19(10-8-18)25(27)11-4-12-25/h1-3,5-10,15H,4,11-14,16,27H2. The van der Waals surface area contributed by atoms with Crippen molar-refractivity contribution in [2.45, 2.75) is 24.8 Å². The number of hydrogen-bond acceptors (Lipinski definition) is 4. The lowest BCUT2D eigenvalue weighted by Crippen LogP contribution is -2.43. The molecule has 1 saturated carbocycles. The van der Waals surface area contributed by atoms with Crippen LogP contribution in [0.2, 0.25) is 0 Å². The van der Waals surface area contributed by atoms with Gasteiger partial charge in [-0.05, 0) is 36.5 Å². The van der Waals surface area contributed by atoms with Gasteiger partial charge in [-0.3, -0.25) is 4.79 Å². The maximum absolute atomic E-state index is 13.1. The number of benzene rings is 2. The number of anilines is 1. The van der Waals surface area contributed by atoms with Crippen LogP contribution in [0, 0.1) is 0 Å². The first kappa shape index (κ1) is 19.7. The lowest BCUT2D eigenvalue weighted by molar-refractivity contribution is -0.121. The molecule has 0 unspecified atom stereocenters. The normalized spacial score (nSPS) is 17.0. The number of carbonyl (C=O) groups is 1. The molecule has 0 radical (unpaired) electrons. The van der Waals surface area contributed by atoms with Crippen molar-refractivity contribution in [2.24, 2.45) is 5.73 Å². The lowest BCUT2D eigenvalue weighted by atomic mass is 9.72. The van der Waals surface area contributed by atoms with Gasteiger partial charge in [-0.15, -0.1) is 0 Å². The summed E-state index contributed by atoms with van der Waals surface area (Å²) in [7, 11) is 0. The predicted molar refractivity (Wildman–Crippen MR) is 119 cm³/mol. The first-order valence-corrected chi connectivity index (χ1v) is 10.6. The smallest absolute Gasteiger partial charge is 0.265 e. The molecule has 2 aliphatic rings. The van der Waals surface area contributed by atoms with Gasteiger partial charge in [0.15, 0.2) is 6.61 Å². The second-order valence-corrected chi connectivity index (χ2v) is 8.18. The van der Waals surface area contributed by atoms with E-state index in [0.29, 0.717) is 11.6 Å². The molecule has 1 aliphatic carbocycles. The molecular formula is C25H24FN3O2. The van der Waals surface area contributed by atoms with Crippen molar-refractivity contribution < 1.29 is 13.9 Å². The second-order valence-electron chi connectivity index (χ2n) is 8.18. The highest BCUT2D eigenvalue weighted by molar-refractivity contribution is 5.99. The zero-order valence-corrected chi connectivity index (χ0v) is 17.2. The van der Waals surface area contributed by atoms with Crippen LogP contribution in [-0.2, 0) is 10.3 Å². The van der Waals surface area contributed by atoms with Gasteiger partial charge < -0.3 is 15.4 Å². The van der Waals surface area contributed by atoms with Crippen molar-refractivity contribution in [2.75, 3.05) is 24.7 Å². The molecule has 0 saturated heterocycles. The number of fused-ring (bicyclic) bond motifs is 1. The van der Waals surface area contributed by atoms with E-state index in [1.807, 2.05) is 48.5 Å². The highest BCUT2D eigenvalue weighted by atomic mass is 19.1. The number of alkyl halides is 1. The number of rotatable bonds is 5. The fraction of sp³-hybridized carbons (Fsp3) is 0.280. The van der Waals surface area contributed by atoms with E-state index < -0.39 is 6.67 Å². The molecule has 5 nitrogen and oxygen atoms in total. The van der Waals surface area contributed by atoms with Gasteiger partial charge in [-0.25, -0.2) is 9.37 Å². The Labute approximate surface area is 180 Å². The van der Waals surface area contributed by atoms with E-state index in [0.717, 1.165) is 47.2 Å². The van der Waals surface area contributed by atoms with Gasteiger partial charge in [-0.1, -0.05) is 54.6 Å². The minimum absolute atomic E-state index is 0.0161. The molecule has 1 aliphatic heterocycles. The predicted octanol–water partition coefficient (Wildman–Crippen LogP) is 4.45. The van der Waals surface area contributed by atoms with E-state index in [1.165, 1.54) is 4.90 Å². The van der Waals surface area contributed by atoms with Gasteiger partial charge in [0.1, 0.15) is 12.4 Å². The van der Waals surface area contributed by atoms with Crippen LogP contribution in [-0.4, -0.2) is 30.7 Å². The number of pyridine rings is 1. The second kappa shape index (κ2) is 7.78. The molecule has 2 heterocycles. The zero-order chi connectivity index (χ0) is 21.4. The maximum atomic E-state index is 13.1. The first-order chi connectivity index (χ1) is 15.1. The van der Waals surface area contributed by atoms with E-state index >= 15 is 0 Å². The number of carbonyl (C=O) groups excluding carboxylic acids is 1. The van der Waals surface area contributed by atoms with Crippen molar-refractivity contribution in [3.05, 3.63) is 66.2 Å². The summed E-state index contributed by atoms with van der Waals surface area (Å²) in [5, 5.41) is 0. The SMILES string of the molecule is NC1(c2ccc(-c3nc4c(cc3-c3ccccc3)N(CCF)C(=O)CO4)cc2)CCC1. The molecule has 0 atom stereocenters. The number of halogens is 1. The van der Waals surface area contributed by atoms with E-state index in [9.17, 15) is 9.18 Å². The summed E-state index contributed by atoms with van der Waals surface area (Å²) in [6.07, 6.45) is 3.17. The average Bonchev–Trinajstić information content (AvgIpc) is 2.79. The monoisotopic (exact) mass is 417 g/mol. The van der Waals surface area contributed by atoms with E-state index in [-0.39, 0.29) is 24.6 Å². The van der Waals surface area contributed by atoms with E-state index in [1.54, 1.807) is 0 Å². The largest absolute Gasteiger partial charge is 0.466 e. The Kier molecular flexibility index (Phi) is 4.94. The lowest BCUT2D eigenvalue weighted by Gasteiger charge is -2.38. The van der Waals surface area contributed by atoms with Crippen LogP contribution in [0.15, 0.2) is 60.7 Å². The number of amides is 1. The number of hydrogen-bond donors (Lipinski definition) is 1. The summed E-state index contributed by atoms with van der Waals surface area (Å²) >= 11 is 0. The maximum Gasteiger partial charge on any atom is 0.265 e. The molecular weight excluding hydrogens is 393 g/mol. The first-order valence-electron chi connectivity index (χ1n) is 10.6. The quantitative estimate of drug-likeness (QED) is 0.666. The Morgan fingerprint density at radius 3 is 2.45 bits per heavy atom. The van der Waals surface area contributed by atoms with Crippen molar-refractivity contribution in [1.82, 2.24) is 4.98 Å². The van der Waals surface area contributed by atoms with Crippen molar-refractivity contribution in [1.29, 1.82) is 0 Å². The minimum atomic E-state index is -0.629. The van der Waals surface area contributed by atoms with Crippen LogP contribution >= 0.6 is 0 Å². The van der Waals surface area contributed by atoms with Crippen LogP contribution in [0.1, 0.15) is 24.8 Å². The van der Waals surface area contributed by atoms with E-state index in [4.69, 9.17) is 15.5 Å². The fourth-order valence-electron chi connectivity index (χ4n) is 4.32. The van der Waals surface area contributed by atoms with Crippen molar-refractivity contribution >= 4 is 11.6 Å². The molecule has 0 bridgehead atoms. The molecule has 2 aromatic carbocycles. The van der Waals surface area contributed by atoms with Crippen LogP contribution in [0.25, 0.3) is 22.4 Å². The van der Waals surface area contributed by atoms with Gasteiger partial charge in [0, 0.05) is 16.7 Å². The van der Waals surface area contributed by atoms with Crippen molar-refractivity contribution in [3.8, 4) is 28.3 Å². The molecule has 5 rings (SSSR count). The summed E-state index contributed by atoms with van der Waals surface area (Å²) in [6, 6.07) is 20.0. The van der Waals surface area contributed by atoms with E-state index in [2.05, 4.69) is 12.1 Å². The third-order valence-corrected chi connectivity index (χ3v) is 6.26. The Balaban J connectivity index is 1.63. The highest BCUT2D eigenvalue weighted by Crippen LogP contribution is 2.42. The molecule has 1 aromatic heterocycles. The number of nitrogens with two attached hydrogens (primary N) is 1. The fourth-order valence-corrected chi connectivity index (χ4v) is 4.32. The topological polar surface area (TPSA) is 68.5 Å². The van der Waals surface area contributed by atoms with Gasteiger partial charge in [0.2, 0.25) is 5.88 Å². The molecule has 158 valence electrons. The molecule has 31 heavy (non-hydrogen) atoms. The Hall–Kier alpha value is -3.25. The van der Waals surface area contributed by atoms with Gasteiger partial charge >= 0.3 is 0 Å². The van der Waals surface area contributed by atoms with Crippen molar-refractivity contribution in [3.63, 3.8) is 0 Å². The summed E-state index contributed by atoms with van der Waals surface area (Å²) < 4.78 is 18.7. The third-order valence-electron chi connectivity index (χ3n) is 6.26.